The van der Waals surface area contributed by atoms with Gasteiger partial charge in [-0.25, -0.2) is 0 Å². The third-order valence-corrected chi connectivity index (χ3v) is 16.6. The molecule has 332 valence electrons. The molecule has 1 saturated heterocycles. The summed E-state index contributed by atoms with van der Waals surface area (Å²) in [6, 6.07) is 9.75. The van der Waals surface area contributed by atoms with E-state index >= 15 is 0 Å². The molecule has 5 aromatic rings. The lowest BCUT2D eigenvalue weighted by atomic mass is 9.67. The smallest absolute Gasteiger partial charge is 0.423 e. The van der Waals surface area contributed by atoms with Crippen LogP contribution in [-0.2, 0) is 20.1 Å². The molecule has 0 unspecified atom stereocenters. The highest BCUT2D eigenvalue weighted by Gasteiger charge is 2.55. The van der Waals surface area contributed by atoms with Gasteiger partial charge in [0.1, 0.15) is 22.1 Å². The first kappa shape index (κ1) is 45.8. The summed E-state index contributed by atoms with van der Waals surface area (Å²) in [5.74, 6) is 0. The van der Waals surface area contributed by atoms with Crippen LogP contribution >= 0.6 is 23.5 Å². The summed E-state index contributed by atoms with van der Waals surface area (Å²) in [5.41, 5.74) is 13.5. The average Bonchev–Trinajstić information content (AvgIpc) is 4.06. The molecule has 0 amide bonds. The van der Waals surface area contributed by atoms with Gasteiger partial charge in [-0.3, -0.25) is 0 Å². The minimum absolute atomic E-state index is 0.244. The molecule has 2 aliphatic carbocycles. The summed E-state index contributed by atoms with van der Waals surface area (Å²) in [6.07, 6.45) is 23.0. The Morgan fingerprint density at radius 1 is 0.500 bits per heavy atom. The summed E-state index contributed by atoms with van der Waals surface area (Å²) in [7, 11) is -2.18. The normalized spacial score (nSPS) is 17.5. The molecule has 2 aromatic heterocycles. The van der Waals surface area contributed by atoms with E-state index in [0.29, 0.717) is 11.0 Å². The highest BCUT2D eigenvalue weighted by atomic mass is 32.1. The van der Waals surface area contributed by atoms with Gasteiger partial charge in [0.15, 0.2) is 0 Å². The molecule has 1 fully saturated rings. The third kappa shape index (κ3) is 7.82. The van der Waals surface area contributed by atoms with Crippen LogP contribution in [-0.4, -0.2) is 53.0 Å². The molecule has 8 nitrogen and oxygen atoms in total. The molecule has 3 heterocycles. The SMILES string of the molecule is CCCCCCC1(CCCCCC)c2cc3c(cc2-c2c1cc(B(O)O)c1nsnc21)C(CCCCCC)(CCCCCC)c1cc(B2OC(C)(C)C(C)(C)O2)c2nsnc2c1-3. The van der Waals surface area contributed by atoms with Gasteiger partial charge in [-0.15, -0.1) is 0 Å². The number of nitrogens with zero attached hydrogens (tertiary/aromatic N) is 4. The molecule has 3 aliphatic rings. The molecule has 8 rings (SSSR count). The van der Waals surface area contributed by atoms with Crippen molar-refractivity contribution in [3.8, 4) is 22.3 Å². The Bertz CT molecular complexity index is 2330. The van der Waals surface area contributed by atoms with E-state index in [-0.39, 0.29) is 10.8 Å². The summed E-state index contributed by atoms with van der Waals surface area (Å²) < 4.78 is 33.6. The Morgan fingerprint density at radius 3 is 1.31 bits per heavy atom. The van der Waals surface area contributed by atoms with Crippen molar-refractivity contribution in [3.05, 3.63) is 46.5 Å². The van der Waals surface area contributed by atoms with E-state index in [0.717, 1.165) is 78.9 Å². The quantitative estimate of drug-likeness (QED) is 0.0522. The third-order valence-electron chi connectivity index (χ3n) is 15.5. The second-order valence-electron chi connectivity index (χ2n) is 20.0. The zero-order valence-electron chi connectivity index (χ0n) is 38.9. The second-order valence-corrected chi connectivity index (χ2v) is 21.1. The summed E-state index contributed by atoms with van der Waals surface area (Å²) in [5, 5.41) is 21.8. The van der Waals surface area contributed by atoms with Gasteiger partial charge in [0, 0.05) is 32.9 Å². The fraction of sp³-hybridized carbons (Fsp3) is 0.640. The predicted octanol–water partition coefficient (Wildman–Crippen LogP) is 12.1. The molecule has 3 aromatic carbocycles. The monoisotopic (exact) mass is 877 g/mol. The second kappa shape index (κ2) is 18.6. The zero-order chi connectivity index (χ0) is 43.9. The zero-order valence-corrected chi connectivity index (χ0v) is 40.6. The van der Waals surface area contributed by atoms with Gasteiger partial charge < -0.3 is 19.4 Å². The first-order valence-electron chi connectivity index (χ1n) is 24.4. The highest BCUT2D eigenvalue weighted by molar-refractivity contribution is 7.00. The molecular formula is C50H70B2N4O4S2. The topological polar surface area (TPSA) is 110 Å². The van der Waals surface area contributed by atoms with Crippen molar-refractivity contribution < 1.29 is 19.4 Å². The average molecular weight is 877 g/mol. The van der Waals surface area contributed by atoms with Crippen molar-refractivity contribution >= 4 is 70.7 Å². The van der Waals surface area contributed by atoms with Gasteiger partial charge in [0.2, 0.25) is 0 Å². The maximum Gasteiger partial charge on any atom is 0.497 e. The van der Waals surface area contributed by atoms with E-state index < -0.39 is 25.4 Å². The Balaban J connectivity index is 1.43. The standard InChI is InChI=1S/C50H70B2N4O4S2/c1-9-13-17-21-25-49(26-22-18-14-10-2)35-30-34-36(29-33(35)41-37(49)31-39(51(57)58)43-45(41)55-61-53-43)50(27-23-19-15-11-3,28-24-20-16-12-4)38-32-40(44-46(42(34)38)56-62-54-44)52-59-47(5,6)48(7,8)60-52/h29-32,57-58H,9-28H2,1-8H3. The van der Waals surface area contributed by atoms with Crippen molar-refractivity contribution in [1.82, 2.24) is 17.5 Å². The lowest BCUT2D eigenvalue weighted by Gasteiger charge is -2.35. The maximum atomic E-state index is 10.9. The van der Waals surface area contributed by atoms with Crippen molar-refractivity contribution in [2.24, 2.45) is 0 Å². The van der Waals surface area contributed by atoms with Crippen molar-refractivity contribution in [1.29, 1.82) is 0 Å². The first-order chi connectivity index (χ1) is 29.9. The van der Waals surface area contributed by atoms with Crippen LogP contribution in [0.25, 0.3) is 44.3 Å². The van der Waals surface area contributed by atoms with Crippen LogP contribution in [0.15, 0.2) is 24.3 Å². The largest absolute Gasteiger partial charge is 0.497 e. The summed E-state index contributed by atoms with van der Waals surface area (Å²) in [6.45, 7) is 17.7. The minimum Gasteiger partial charge on any atom is -0.423 e. The van der Waals surface area contributed by atoms with Crippen molar-refractivity contribution in [2.45, 2.75) is 206 Å². The molecule has 2 N–H and O–H groups in total. The van der Waals surface area contributed by atoms with Crippen LogP contribution in [0.4, 0.5) is 0 Å². The fourth-order valence-electron chi connectivity index (χ4n) is 11.4. The van der Waals surface area contributed by atoms with Crippen LogP contribution in [0.1, 0.15) is 206 Å². The van der Waals surface area contributed by atoms with E-state index in [1.54, 1.807) is 0 Å². The van der Waals surface area contributed by atoms with Gasteiger partial charge in [-0.2, -0.15) is 17.5 Å². The molecule has 0 atom stereocenters. The molecular weight excluding hydrogens is 806 g/mol. The molecule has 1 aliphatic heterocycles. The number of hydrogen-bond donors (Lipinski definition) is 2. The highest BCUT2D eigenvalue weighted by Crippen LogP contribution is 2.62. The Morgan fingerprint density at radius 2 is 0.887 bits per heavy atom. The summed E-state index contributed by atoms with van der Waals surface area (Å²) in [4.78, 5) is 0. The molecule has 62 heavy (non-hydrogen) atoms. The van der Waals surface area contributed by atoms with E-state index in [1.807, 2.05) is 0 Å². The molecule has 0 bridgehead atoms. The van der Waals surface area contributed by atoms with Gasteiger partial charge in [-0.1, -0.05) is 143 Å². The van der Waals surface area contributed by atoms with E-state index in [1.165, 1.54) is 139 Å². The minimum atomic E-state index is -1.63. The van der Waals surface area contributed by atoms with Crippen LogP contribution < -0.4 is 10.9 Å². The van der Waals surface area contributed by atoms with Gasteiger partial charge in [0.05, 0.1) is 34.7 Å². The lowest BCUT2D eigenvalue weighted by Crippen LogP contribution is -2.41. The lowest BCUT2D eigenvalue weighted by molar-refractivity contribution is 0.00578. The van der Waals surface area contributed by atoms with Crippen LogP contribution in [0.5, 0.6) is 0 Å². The number of rotatable bonds is 22. The van der Waals surface area contributed by atoms with Gasteiger partial charge in [0.25, 0.3) is 0 Å². The van der Waals surface area contributed by atoms with Crippen molar-refractivity contribution in [3.63, 3.8) is 0 Å². The number of benzene rings is 3. The fourth-order valence-corrected chi connectivity index (χ4v) is 12.6. The Hall–Kier alpha value is -2.73. The van der Waals surface area contributed by atoms with Gasteiger partial charge in [-0.05, 0) is 98.9 Å². The number of unbranched alkanes of at least 4 members (excludes halogenated alkanes) is 12. The number of hydrogen-bond acceptors (Lipinski definition) is 10. The molecule has 0 saturated carbocycles. The van der Waals surface area contributed by atoms with Gasteiger partial charge >= 0.3 is 14.2 Å². The maximum absolute atomic E-state index is 10.9. The molecule has 0 spiro atoms. The number of aromatic nitrogens is 4. The van der Waals surface area contributed by atoms with Crippen LogP contribution in [0.3, 0.4) is 0 Å². The van der Waals surface area contributed by atoms with Crippen LogP contribution in [0.2, 0.25) is 0 Å². The van der Waals surface area contributed by atoms with Crippen LogP contribution in [0, 0.1) is 0 Å². The Kier molecular flexibility index (Phi) is 13.8. The molecule has 12 heteroatoms. The van der Waals surface area contributed by atoms with Crippen molar-refractivity contribution in [2.75, 3.05) is 0 Å². The predicted molar refractivity (Wildman–Crippen MR) is 261 cm³/mol. The summed E-state index contributed by atoms with van der Waals surface area (Å²) >= 11 is 2.47. The van der Waals surface area contributed by atoms with E-state index in [9.17, 15) is 10.0 Å². The Labute approximate surface area is 380 Å². The number of fused-ring (bicyclic) bond motifs is 10. The van der Waals surface area contributed by atoms with E-state index in [4.69, 9.17) is 26.8 Å². The van der Waals surface area contributed by atoms with E-state index in [2.05, 4.69) is 79.7 Å². The molecule has 0 radical (unpaired) electrons. The first-order valence-corrected chi connectivity index (χ1v) is 25.9.